The number of carbonyl (C=O) groups is 1. The van der Waals surface area contributed by atoms with Crippen LogP contribution in [0.15, 0.2) is 0 Å². The molecule has 1 N–H and O–H groups in total. The largest absolute Gasteiger partial charge is 0.480 e. The quantitative estimate of drug-likeness (QED) is 0.783. The van der Waals surface area contributed by atoms with E-state index >= 15 is 0 Å². The van der Waals surface area contributed by atoms with Crippen LogP contribution >= 0.6 is 11.8 Å². The number of rotatable bonds is 4. The molecule has 0 aromatic rings. The van der Waals surface area contributed by atoms with Gasteiger partial charge in [0.15, 0.2) is 9.84 Å². The third kappa shape index (κ3) is 3.16. The predicted molar refractivity (Wildman–Crippen MR) is 56.4 cm³/mol. The normalized spacial score (nSPS) is 27.4. The highest BCUT2D eigenvalue weighted by molar-refractivity contribution is 8.02. The Morgan fingerprint density at radius 2 is 2.29 bits per heavy atom. The fourth-order valence-electron chi connectivity index (χ4n) is 1.43. The standard InChI is InChI=1S/C8H14O4S2/c1-2-7(8(9)10)13-6-3-4-14(11,12)5-6/h6-7H,2-5H2,1H3,(H,9,10). The van der Waals surface area contributed by atoms with Crippen molar-refractivity contribution in [3.05, 3.63) is 0 Å². The van der Waals surface area contributed by atoms with Crippen molar-refractivity contribution in [2.24, 2.45) is 0 Å². The average molecular weight is 238 g/mol. The molecule has 1 heterocycles. The summed E-state index contributed by atoms with van der Waals surface area (Å²) in [6, 6.07) is 0. The molecule has 14 heavy (non-hydrogen) atoms. The summed E-state index contributed by atoms with van der Waals surface area (Å²) in [7, 11) is -2.89. The van der Waals surface area contributed by atoms with Gasteiger partial charge in [0.25, 0.3) is 0 Å². The smallest absolute Gasteiger partial charge is 0.316 e. The van der Waals surface area contributed by atoms with Crippen molar-refractivity contribution in [2.75, 3.05) is 11.5 Å². The molecule has 6 heteroatoms. The minimum atomic E-state index is -2.89. The number of hydrogen-bond donors (Lipinski definition) is 1. The third-order valence-corrected chi connectivity index (χ3v) is 5.82. The van der Waals surface area contributed by atoms with Gasteiger partial charge in [-0.1, -0.05) is 6.92 Å². The Kier molecular flexibility index (Phi) is 3.83. The number of carboxylic acid groups (broad SMARTS) is 1. The number of carboxylic acids is 1. The van der Waals surface area contributed by atoms with E-state index in [0.717, 1.165) is 0 Å². The highest BCUT2D eigenvalue weighted by Crippen LogP contribution is 2.29. The summed E-state index contributed by atoms with van der Waals surface area (Å²) < 4.78 is 22.2. The number of thioether (sulfide) groups is 1. The predicted octanol–water partition coefficient (Wildman–Crippen LogP) is 0.770. The summed E-state index contributed by atoms with van der Waals surface area (Å²) in [6.45, 7) is 1.80. The maximum atomic E-state index is 11.1. The summed E-state index contributed by atoms with van der Waals surface area (Å²) in [6.07, 6.45) is 1.13. The molecule has 82 valence electrons. The SMILES string of the molecule is CCC(SC1CCS(=O)(=O)C1)C(=O)O. The van der Waals surface area contributed by atoms with Crippen LogP contribution in [0.1, 0.15) is 19.8 Å². The topological polar surface area (TPSA) is 71.4 Å². The first-order valence-corrected chi connectivity index (χ1v) is 7.29. The molecule has 1 saturated heterocycles. The fourth-order valence-corrected chi connectivity index (χ4v) is 5.09. The highest BCUT2D eigenvalue weighted by atomic mass is 32.2. The molecule has 0 radical (unpaired) electrons. The van der Waals surface area contributed by atoms with E-state index in [0.29, 0.717) is 12.8 Å². The van der Waals surface area contributed by atoms with Gasteiger partial charge >= 0.3 is 5.97 Å². The summed E-state index contributed by atoms with van der Waals surface area (Å²) in [4.78, 5) is 10.7. The molecule has 0 amide bonds. The Hall–Kier alpha value is -0.230. The van der Waals surface area contributed by atoms with Crippen molar-refractivity contribution < 1.29 is 18.3 Å². The molecule has 1 rings (SSSR count). The van der Waals surface area contributed by atoms with Gasteiger partial charge in [0.1, 0.15) is 5.25 Å². The molecular formula is C8H14O4S2. The van der Waals surface area contributed by atoms with E-state index < -0.39 is 21.1 Å². The molecule has 1 fully saturated rings. The maximum Gasteiger partial charge on any atom is 0.316 e. The molecule has 0 saturated carbocycles. The van der Waals surface area contributed by atoms with Crippen molar-refractivity contribution in [3.8, 4) is 0 Å². The average Bonchev–Trinajstić information content (AvgIpc) is 2.41. The van der Waals surface area contributed by atoms with Crippen LogP contribution in [0, 0.1) is 0 Å². The molecule has 0 bridgehead atoms. The lowest BCUT2D eigenvalue weighted by atomic mass is 10.3. The molecule has 0 aliphatic carbocycles. The van der Waals surface area contributed by atoms with Gasteiger partial charge in [-0.15, -0.1) is 11.8 Å². The van der Waals surface area contributed by atoms with E-state index in [9.17, 15) is 13.2 Å². The second-order valence-corrected chi connectivity index (χ2v) is 7.13. The molecule has 1 aliphatic rings. The van der Waals surface area contributed by atoms with E-state index in [1.807, 2.05) is 0 Å². The van der Waals surface area contributed by atoms with Crippen molar-refractivity contribution >= 4 is 27.6 Å². The van der Waals surface area contributed by atoms with Gasteiger partial charge in [-0.05, 0) is 12.8 Å². The fraction of sp³-hybridized carbons (Fsp3) is 0.875. The number of sulfone groups is 1. The van der Waals surface area contributed by atoms with Crippen LogP contribution in [0.3, 0.4) is 0 Å². The van der Waals surface area contributed by atoms with Crippen LogP contribution in [0.2, 0.25) is 0 Å². The zero-order valence-corrected chi connectivity index (χ0v) is 9.60. The second-order valence-electron chi connectivity index (χ2n) is 3.40. The molecule has 1 aliphatic heterocycles. The summed E-state index contributed by atoms with van der Waals surface area (Å²) in [5.74, 6) is -0.496. The zero-order valence-electron chi connectivity index (χ0n) is 7.97. The van der Waals surface area contributed by atoms with Crippen molar-refractivity contribution in [3.63, 3.8) is 0 Å². The molecule has 2 unspecified atom stereocenters. The minimum Gasteiger partial charge on any atom is -0.480 e. The Balaban J connectivity index is 2.50. The van der Waals surface area contributed by atoms with E-state index in [2.05, 4.69) is 0 Å². The van der Waals surface area contributed by atoms with Crippen molar-refractivity contribution in [1.82, 2.24) is 0 Å². The Bertz CT molecular complexity index is 309. The highest BCUT2D eigenvalue weighted by Gasteiger charge is 2.31. The monoisotopic (exact) mass is 238 g/mol. The first kappa shape index (κ1) is 11.8. The van der Waals surface area contributed by atoms with E-state index in [1.54, 1.807) is 6.92 Å². The lowest BCUT2D eigenvalue weighted by molar-refractivity contribution is -0.136. The zero-order chi connectivity index (χ0) is 10.8. The Morgan fingerprint density at radius 3 is 2.64 bits per heavy atom. The summed E-state index contributed by atoms with van der Waals surface area (Å²) in [5, 5.41) is 8.30. The van der Waals surface area contributed by atoms with Crippen LogP contribution < -0.4 is 0 Å². The van der Waals surface area contributed by atoms with Gasteiger partial charge in [0.05, 0.1) is 11.5 Å². The Morgan fingerprint density at radius 1 is 1.64 bits per heavy atom. The Labute approximate surface area is 88.0 Å². The van der Waals surface area contributed by atoms with Gasteiger partial charge in [-0.25, -0.2) is 8.42 Å². The first-order chi connectivity index (χ1) is 6.44. The molecule has 0 aromatic heterocycles. The van der Waals surface area contributed by atoms with Gasteiger partial charge in [0.2, 0.25) is 0 Å². The van der Waals surface area contributed by atoms with Gasteiger partial charge in [-0.3, -0.25) is 4.79 Å². The molecular weight excluding hydrogens is 224 g/mol. The molecule has 4 nitrogen and oxygen atoms in total. The third-order valence-electron chi connectivity index (χ3n) is 2.19. The summed E-state index contributed by atoms with van der Waals surface area (Å²) >= 11 is 1.28. The van der Waals surface area contributed by atoms with Crippen LogP contribution in [-0.2, 0) is 14.6 Å². The van der Waals surface area contributed by atoms with Gasteiger partial charge < -0.3 is 5.11 Å². The van der Waals surface area contributed by atoms with Crippen molar-refractivity contribution in [2.45, 2.75) is 30.3 Å². The van der Waals surface area contributed by atoms with Crippen molar-refractivity contribution in [1.29, 1.82) is 0 Å². The van der Waals surface area contributed by atoms with Gasteiger partial charge in [-0.2, -0.15) is 0 Å². The van der Waals surface area contributed by atoms with E-state index in [1.165, 1.54) is 11.8 Å². The van der Waals surface area contributed by atoms with Gasteiger partial charge in [0, 0.05) is 5.25 Å². The number of hydrogen-bond acceptors (Lipinski definition) is 4. The van der Waals surface area contributed by atoms with E-state index in [4.69, 9.17) is 5.11 Å². The van der Waals surface area contributed by atoms with E-state index in [-0.39, 0.29) is 16.8 Å². The first-order valence-electron chi connectivity index (χ1n) is 4.53. The molecule has 0 spiro atoms. The number of aliphatic carboxylic acids is 1. The molecule has 2 atom stereocenters. The molecule has 0 aromatic carbocycles. The summed E-state index contributed by atoms with van der Waals surface area (Å²) in [5.41, 5.74) is 0. The van der Waals surface area contributed by atoms with Crippen LogP contribution in [0.5, 0.6) is 0 Å². The second kappa shape index (κ2) is 4.53. The lowest BCUT2D eigenvalue weighted by Crippen LogP contribution is -2.20. The lowest BCUT2D eigenvalue weighted by Gasteiger charge is -2.13. The van der Waals surface area contributed by atoms with Crippen LogP contribution in [0.4, 0.5) is 0 Å². The minimum absolute atomic E-state index is 0.0268. The maximum absolute atomic E-state index is 11.1. The van der Waals surface area contributed by atoms with Crippen LogP contribution in [0.25, 0.3) is 0 Å². The van der Waals surface area contributed by atoms with Crippen LogP contribution in [-0.4, -0.2) is 41.5 Å².